The number of nitrogens with zero attached hydrogens (tertiary/aromatic N) is 2. The minimum atomic E-state index is -0.262. The van der Waals surface area contributed by atoms with Crippen LogP contribution in [0.2, 0.25) is 0 Å². The fraction of sp³-hybridized carbons (Fsp3) is 0.333. The van der Waals surface area contributed by atoms with Crippen molar-refractivity contribution in [2.75, 3.05) is 18.9 Å². The zero-order chi connectivity index (χ0) is 16.1. The molecule has 1 aromatic carbocycles. The number of likely N-dealkylation sites (tertiary alicyclic amines) is 1. The Morgan fingerprint density at radius 3 is 2.91 bits per heavy atom. The first kappa shape index (κ1) is 15.3. The van der Waals surface area contributed by atoms with Gasteiger partial charge in [-0.2, -0.15) is 0 Å². The van der Waals surface area contributed by atoms with Crippen LogP contribution in [0.5, 0.6) is 0 Å². The fourth-order valence-corrected chi connectivity index (χ4v) is 3.01. The van der Waals surface area contributed by atoms with Gasteiger partial charge < -0.3 is 15.0 Å². The van der Waals surface area contributed by atoms with E-state index in [4.69, 9.17) is 4.74 Å². The van der Waals surface area contributed by atoms with Crippen LogP contribution >= 0.6 is 0 Å². The van der Waals surface area contributed by atoms with Crippen molar-refractivity contribution in [2.24, 2.45) is 0 Å². The smallest absolute Gasteiger partial charge is 0.410 e. The molecular weight excluding hydrogens is 290 g/mol. The van der Waals surface area contributed by atoms with Gasteiger partial charge in [0.1, 0.15) is 12.4 Å². The number of aromatic nitrogens is 1. The van der Waals surface area contributed by atoms with Gasteiger partial charge in [0.05, 0.1) is 6.04 Å². The Balaban J connectivity index is 1.70. The Hall–Kier alpha value is -2.56. The van der Waals surface area contributed by atoms with Crippen LogP contribution in [0.1, 0.15) is 30.0 Å². The van der Waals surface area contributed by atoms with Gasteiger partial charge in [-0.05, 0) is 24.5 Å². The molecule has 1 aliphatic rings. The van der Waals surface area contributed by atoms with Gasteiger partial charge in [-0.3, -0.25) is 0 Å². The molecular formula is C18H21N3O2. The number of pyridine rings is 1. The van der Waals surface area contributed by atoms with Crippen molar-refractivity contribution in [1.29, 1.82) is 0 Å². The lowest BCUT2D eigenvalue weighted by molar-refractivity contribution is 0.0921. The molecule has 3 rings (SSSR count). The van der Waals surface area contributed by atoms with E-state index in [1.54, 1.807) is 11.1 Å². The summed E-state index contributed by atoms with van der Waals surface area (Å²) < 4.78 is 5.48. The lowest BCUT2D eigenvalue weighted by atomic mass is 10.1. The number of anilines is 1. The van der Waals surface area contributed by atoms with E-state index < -0.39 is 0 Å². The van der Waals surface area contributed by atoms with Crippen molar-refractivity contribution >= 4 is 11.9 Å². The Morgan fingerprint density at radius 1 is 1.30 bits per heavy atom. The van der Waals surface area contributed by atoms with Crippen molar-refractivity contribution in [2.45, 2.75) is 25.5 Å². The summed E-state index contributed by atoms with van der Waals surface area (Å²) in [7, 11) is 1.85. The Labute approximate surface area is 136 Å². The molecule has 1 saturated heterocycles. The number of ether oxygens (including phenoxy) is 1. The third-order valence-corrected chi connectivity index (χ3v) is 4.13. The lowest BCUT2D eigenvalue weighted by Crippen LogP contribution is -2.31. The van der Waals surface area contributed by atoms with Gasteiger partial charge in [0.25, 0.3) is 0 Å². The average Bonchev–Trinajstić information content (AvgIpc) is 3.10. The summed E-state index contributed by atoms with van der Waals surface area (Å²) in [6.45, 7) is 1.02. The van der Waals surface area contributed by atoms with Gasteiger partial charge in [-0.15, -0.1) is 0 Å². The van der Waals surface area contributed by atoms with Gasteiger partial charge in [-0.1, -0.05) is 36.4 Å². The number of carbonyl (C=O) groups excluding carboxylic acids is 1. The first-order valence-corrected chi connectivity index (χ1v) is 7.89. The van der Waals surface area contributed by atoms with Gasteiger partial charge in [0.15, 0.2) is 0 Å². The summed E-state index contributed by atoms with van der Waals surface area (Å²) in [5.74, 6) is 0.820. The second kappa shape index (κ2) is 7.13. The highest BCUT2D eigenvalue weighted by Gasteiger charge is 2.32. The third-order valence-electron chi connectivity index (χ3n) is 4.13. The maximum absolute atomic E-state index is 12.5. The highest BCUT2D eigenvalue weighted by molar-refractivity contribution is 5.69. The maximum Gasteiger partial charge on any atom is 0.410 e. The van der Waals surface area contributed by atoms with Crippen molar-refractivity contribution in [3.05, 3.63) is 59.8 Å². The van der Waals surface area contributed by atoms with E-state index in [0.717, 1.165) is 36.3 Å². The van der Waals surface area contributed by atoms with E-state index in [1.807, 2.05) is 49.5 Å². The second-order valence-corrected chi connectivity index (χ2v) is 5.58. The quantitative estimate of drug-likeness (QED) is 0.937. The second-order valence-electron chi connectivity index (χ2n) is 5.58. The van der Waals surface area contributed by atoms with E-state index in [2.05, 4.69) is 10.3 Å². The van der Waals surface area contributed by atoms with Crippen molar-refractivity contribution < 1.29 is 9.53 Å². The molecule has 1 fully saturated rings. The monoisotopic (exact) mass is 311 g/mol. The Kier molecular flexibility index (Phi) is 4.76. The lowest BCUT2D eigenvalue weighted by Gasteiger charge is -2.25. The van der Waals surface area contributed by atoms with Crippen LogP contribution < -0.4 is 5.32 Å². The van der Waals surface area contributed by atoms with Gasteiger partial charge >= 0.3 is 6.09 Å². The van der Waals surface area contributed by atoms with E-state index in [9.17, 15) is 4.79 Å². The van der Waals surface area contributed by atoms with E-state index in [0.29, 0.717) is 6.61 Å². The number of nitrogens with one attached hydrogen (secondary N) is 1. The van der Waals surface area contributed by atoms with E-state index in [1.165, 1.54) is 0 Å². The first-order valence-electron chi connectivity index (χ1n) is 7.89. The molecule has 0 bridgehead atoms. The molecule has 0 saturated carbocycles. The average molecular weight is 311 g/mol. The fourth-order valence-electron chi connectivity index (χ4n) is 3.01. The minimum Gasteiger partial charge on any atom is -0.445 e. The number of benzene rings is 1. The van der Waals surface area contributed by atoms with Crippen LogP contribution in [-0.2, 0) is 11.3 Å². The van der Waals surface area contributed by atoms with Crippen LogP contribution in [-0.4, -0.2) is 29.6 Å². The number of hydrogen-bond donors (Lipinski definition) is 1. The van der Waals surface area contributed by atoms with Gasteiger partial charge in [-0.25, -0.2) is 9.78 Å². The maximum atomic E-state index is 12.5. The van der Waals surface area contributed by atoms with Crippen LogP contribution in [0.15, 0.2) is 48.7 Å². The summed E-state index contributed by atoms with van der Waals surface area (Å²) in [5.41, 5.74) is 2.04. The molecule has 5 heteroatoms. The van der Waals surface area contributed by atoms with Crippen molar-refractivity contribution in [3.63, 3.8) is 0 Å². The molecule has 120 valence electrons. The summed E-state index contributed by atoms with van der Waals surface area (Å²) in [6, 6.07) is 13.7. The summed E-state index contributed by atoms with van der Waals surface area (Å²) in [6.07, 6.45) is 3.40. The zero-order valence-corrected chi connectivity index (χ0v) is 13.2. The highest BCUT2D eigenvalue weighted by Crippen LogP contribution is 2.35. The van der Waals surface area contributed by atoms with Gasteiger partial charge in [0, 0.05) is 25.4 Å². The molecule has 0 radical (unpaired) electrons. The Bertz CT molecular complexity index is 660. The molecule has 2 heterocycles. The number of hydrogen-bond acceptors (Lipinski definition) is 4. The molecule has 5 nitrogen and oxygen atoms in total. The zero-order valence-electron chi connectivity index (χ0n) is 13.2. The van der Waals surface area contributed by atoms with E-state index in [-0.39, 0.29) is 12.1 Å². The number of rotatable bonds is 4. The first-order chi connectivity index (χ1) is 11.3. The third kappa shape index (κ3) is 3.44. The molecule has 1 aromatic heterocycles. The molecule has 1 amide bonds. The molecule has 1 unspecified atom stereocenters. The minimum absolute atomic E-state index is 0.0226. The number of amides is 1. The van der Waals surface area contributed by atoms with Crippen molar-refractivity contribution in [3.8, 4) is 0 Å². The SMILES string of the molecule is CNc1ncccc1C1CCCN1C(=O)OCc1ccccc1. The molecule has 1 aliphatic heterocycles. The molecule has 2 aromatic rings. The molecule has 1 N–H and O–H groups in total. The van der Waals surface area contributed by atoms with Crippen LogP contribution in [0.25, 0.3) is 0 Å². The largest absolute Gasteiger partial charge is 0.445 e. The summed E-state index contributed by atoms with van der Waals surface area (Å²) in [4.78, 5) is 18.6. The van der Waals surface area contributed by atoms with Crippen molar-refractivity contribution in [1.82, 2.24) is 9.88 Å². The molecule has 23 heavy (non-hydrogen) atoms. The van der Waals surface area contributed by atoms with Crippen LogP contribution in [0.4, 0.5) is 10.6 Å². The predicted octanol–water partition coefficient (Wildman–Crippen LogP) is 3.60. The van der Waals surface area contributed by atoms with Crippen LogP contribution in [0, 0.1) is 0 Å². The topological polar surface area (TPSA) is 54.5 Å². The van der Waals surface area contributed by atoms with Gasteiger partial charge in [0.2, 0.25) is 0 Å². The summed E-state index contributed by atoms with van der Waals surface area (Å²) in [5, 5.41) is 3.10. The van der Waals surface area contributed by atoms with Crippen LogP contribution in [0.3, 0.4) is 0 Å². The summed E-state index contributed by atoms with van der Waals surface area (Å²) >= 11 is 0. The normalized spacial score (nSPS) is 17.1. The molecule has 0 aliphatic carbocycles. The molecule has 1 atom stereocenters. The highest BCUT2D eigenvalue weighted by atomic mass is 16.6. The standard InChI is InChI=1S/C18H21N3O2/c1-19-17-15(9-5-11-20-17)16-10-6-12-21(16)18(22)23-13-14-7-3-2-4-8-14/h2-5,7-9,11,16H,6,10,12-13H2,1H3,(H,19,20). The predicted molar refractivity (Wildman–Crippen MR) is 89.1 cm³/mol. The Morgan fingerprint density at radius 2 is 2.13 bits per heavy atom. The van der Waals surface area contributed by atoms with E-state index >= 15 is 0 Å². The molecule has 0 spiro atoms. The number of carbonyl (C=O) groups is 1.